The second kappa shape index (κ2) is 11.0. The van der Waals surface area contributed by atoms with Crippen molar-refractivity contribution < 1.29 is 14.5 Å². The van der Waals surface area contributed by atoms with E-state index in [4.69, 9.17) is 10.5 Å². The first-order chi connectivity index (χ1) is 20.0. The zero-order valence-electron chi connectivity index (χ0n) is 22.1. The molecule has 0 radical (unpaired) electrons. The maximum Gasteiger partial charge on any atom is 0.410 e. The van der Waals surface area contributed by atoms with E-state index < -0.39 is 4.92 Å². The van der Waals surface area contributed by atoms with Gasteiger partial charge in [0.2, 0.25) is 0 Å². The molecule has 11 nitrogen and oxygen atoms in total. The summed E-state index contributed by atoms with van der Waals surface area (Å²) in [6, 6.07) is 24.0. The number of nitro groups is 1. The molecule has 1 aliphatic heterocycles. The van der Waals surface area contributed by atoms with Crippen molar-refractivity contribution in [2.45, 2.75) is 6.61 Å². The monoisotopic (exact) mass is 549 g/mol. The summed E-state index contributed by atoms with van der Waals surface area (Å²) in [5.41, 5.74) is 12.2. The van der Waals surface area contributed by atoms with Crippen LogP contribution in [0.3, 0.4) is 0 Å². The molecule has 1 aliphatic rings. The number of benzene rings is 3. The first kappa shape index (κ1) is 25.8. The third-order valence-electron chi connectivity index (χ3n) is 7.24. The number of ether oxygens (including phenoxy) is 1. The zero-order valence-corrected chi connectivity index (χ0v) is 22.1. The largest absolute Gasteiger partial charge is 0.445 e. The van der Waals surface area contributed by atoms with Crippen molar-refractivity contribution in [2.75, 3.05) is 36.8 Å². The fourth-order valence-corrected chi connectivity index (χ4v) is 4.95. The number of carbonyl (C=O) groups excluding carboxylic acids is 1. The van der Waals surface area contributed by atoms with Crippen molar-refractivity contribution in [1.82, 2.24) is 19.5 Å². The van der Waals surface area contributed by atoms with Crippen molar-refractivity contribution in [3.8, 4) is 22.3 Å². The molecule has 2 aromatic heterocycles. The van der Waals surface area contributed by atoms with Gasteiger partial charge in [0.15, 0.2) is 5.65 Å². The van der Waals surface area contributed by atoms with Crippen molar-refractivity contribution in [3.63, 3.8) is 0 Å². The van der Waals surface area contributed by atoms with Crippen LogP contribution >= 0.6 is 0 Å². The van der Waals surface area contributed by atoms with Gasteiger partial charge in [-0.1, -0.05) is 42.5 Å². The van der Waals surface area contributed by atoms with Gasteiger partial charge >= 0.3 is 6.09 Å². The minimum absolute atomic E-state index is 0.00871. The van der Waals surface area contributed by atoms with Crippen LogP contribution in [-0.4, -0.2) is 56.7 Å². The number of nitrogens with zero attached hydrogens (tertiary/aromatic N) is 6. The van der Waals surface area contributed by atoms with Crippen LogP contribution in [0.4, 0.5) is 22.0 Å². The molecule has 0 atom stereocenters. The molecule has 0 saturated carbocycles. The summed E-state index contributed by atoms with van der Waals surface area (Å²) in [5, 5.41) is 15.4. The van der Waals surface area contributed by atoms with E-state index in [-0.39, 0.29) is 18.4 Å². The standard InChI is InChI=1S/C30H27N7O4/c31-28-26(22-8-12-25(13-9-22)37(39)40)18-32-29-27(19-33-36(28)29)23-6-10-24(11-7-23)34-14-16-35(17-15-34)30(38)41-20-21-4-2-1-3-5-21/h1-13,18-19H,14-17,20,31H2. The fourth-order valence-electron chi connectivity index (χ4n) is 4.95. The van der Waals surface area contributed by atoms with Crippen LogP contribution in [-0.2, 0) is 11.3 Å². The molecule has 2 N–H and O–H groups in total. The number of piperazine rings is 1. The predicted molar refractivity (Wildman–Crippen MR) is 155 cm³/mol. The summed E-state index contributed by atoms with van der Waals surface area (Å²) in [4.78, 5) is 31.6. The van der Waals surface area contributed by atoms with E-state index in [1.807, 2.05) is 42.5 Å². The smallest absolute Gasteiger partial charge is 0.410 e. The zero-order chi connectivity index (χ0) is 28.3. The van der Waals surface area contributed by atoms with Crippen molar-refractivity contribution in [3.05, 3.63) is 107 Å². The highest BCUT2D eigenvalue weighted by Gasteiger charge is 2.23. The van der Waals surface area contributed by atoms with Gasteiger partial charge in [-0.15, -0.1) is 0 Å². The van der Waals surface area contributed by atoms with E-state index in [2.05, 4.69) is 27.1 Å². The normalized spacial score (nSPS) is 13.4. The molecule has 0 spiro atoms. The third kappa shape index (κ3) is 5.24. The number of non-ortho nitro benzene ring substituents is 1. The molecule has 206 valence electrons. The van der Waals surface area contributed by atoms with E-state index in [1.165, 1.54) is 12.1 Å². The van der Waals surface area contributed by atoms with Gasteiger partial charge in [-0.2, -0.15) is 9.61 Å². The molecule has 3 heterocycles. The lowest BCUT2D eigenvalue weighted by molar-refractivity contribution is -0.384. The van der Waals surface area contributed by atoms with Gasteiger partial charge in [0, 0.05) is 61.3 Å². The molecule has 5 aromatic rings. The Bertz CT molecular complexity index is 1700. The minimum atomic E-state index is -0.441. The Morgan fingerprint density at radius 2 is 1.54 bits per heavy atom. The minimum Gasteiger partial charge on any atom is -0.445 e. The van der Waals surface area contributed by atoms with Crippen molar-refractivity contribution >= 4 is 28.9 Å². The maximum absolute atomic E-state index is 12.5. The second-order valence-corrected chi connectivity index (χ2v) is 9.72. The number of hydrogen-bond acceptors (Lipinski definition) is 8. The van der Waals surface area contributed by atoms with Gasteiger partial charge in [-0.05, 0) is 41.0 Å². The summed E-state index contributed by atoms with van der Waals surface area (Å²) in [6.45, 7) is 2.86. The SMILES string of the molecule is Nc1c(-c2ccc([N+](=O)[O-])cc2)cnc2c(-c3ccc(N4CCN(C(=O)OCc5ccccc5)CC4)cc3)cnn12. The molecule has 1 amide bonds. The van der Waals surface area contributed by atoms with E-state index in [0.717, 1.165) is 22.4 Å². The highest BCUT2D eigenvalue weighted by atomic mass is 16.6. The molecular weight excluding hydrogens is 522 g/mol. The molecule has 1 saturated heterocycles. The van der Waals surface area contributed by atoms with E-state index in [1.54, 1.807) is 33.9 Å². The fraction of sp³-hybridized carbons (Fsp3) is 0.167. The number of nitrogens with two attached hydrogens (primary N) is 1. The van der Waals surface area contributed by atoms with Crippen molar-refractivity contribution in [2.24, 2.45) is 0 Å². The number of amides is 1. The van der Waals surface area contributed by atoms with Crippen LogP contribution in [0.25, 0.3) is 27.9 Å². The Balaban J connectivity index is 1.11. The van der Waals surface area contributed by atoms with Gasteiger partial charge in [-0.25, -0.2) is 9.78 Å². The predicted octanol–water partition coefficient (Wildman–Crippen LogP) is 5.01. The molecule has 41 heavy (non-hydrogen) atoms. The van der Waals surface area contributed by atoms with Gasteiger partial charge in [0.05, 0.1) is 11.1 Å². The number of rotatable bonds is 6. The highest BCUT2D eigenvalue weighted by Crippen LogP contribution is 2.31. The summed E-state index contributed by atoms with van der Waals surface area (Å²) in [6.07, 6.45) is 3.10. The first-order valence-corrected chi connectivity index (χ1v) is 13.2. The van der Waals surface area contributed by atoms with Crippen LogP contribution in [0, 0.1) is 10.1 Å². The number of carbonyl (C=O) groups is 1. The summed E-state index contributed by atoms with van der Waals surface area (Å²) in [5.74, 6) is 0.395. The van der Waals surface area contributed by atoms with Crippen LogP contribution in [0.15, 0.2) is 91.3 Å². The number of hydrogen-bond donors (Lipinski definition) is 1. The summed E-state index contributed by atoms with van der Waals surface area (Å²) in [7, 11) is 0. The first-order valence-electron chi connectivity index (χ1n) is 13.2. The lowest BCUT2D eigenvalue weighted by Crippen LogP contribution is -2.48. The van der Waals surface area contributed by atoms with Gasteiger partial charge in [-0.3, -0.25) is 10.1 Å². The molecule has 11 heteroatoms. The van der Waals surface area contributed by atoms with Crippen LogP contribution in [0.5, 0.6) is 0 Å². The molecular formula is C30H27N7O4. The molecule has 6 rings (SSSR count). The van der Waals surface area contributed by atoms with Gasteiger partial charge in [0.25, 0.3) is 5.69 Å². The lowest BCUT2D eigenvalue weighted by atomic mass is 10.1. The van der Waals surface area contributed by atoms with Gasteiger partial charge in [0.1, 0.15) is 12.4 Å². The summed E-state index contributed by atoms with van der Waals surface area (Å²) < 4.78 is 7.06. The van der Waals surface area contributed by atoms with Crippen molar-refractivity contribution in [1.29, 1.82) is 0 Å². The molecule has 1 fully saturated rings. The maximum atomic E-state index is 12.5. The average molecular weight is 550 g/mol. The molecule has 0 aliphatic carbocycles. The molecule has 0 bridgehead atoms. The number of nitro benzene ring substituents is 1. The Hall–Kier alpha value is -5.45. The average Bonchev–Trinajstić information content (AvgIpc) is 3.46. The van der Waals surface area contributed by atoms with Crippen LogP contribution in [0.1, 0.15) is 5.56 Å². The Labute approximate surface area is 235 Å². The summed E-state index contributed by atoms with van der Waals surface area (Å²) >= 11 is 0. The third-order valence-corrected chi connectivity index (χ3v) is 7.24. The number of nitrogen functional groups attached to an aromatic ring is 1. The topological polar surface area (TPSA) is 132 Å². The Morgan fingerprint density at radius 3 is 2.22 bits per heavy atom. The highest BCUT2D eigenvalue weighted by molar-refractivity contribution is 5.82. The second-order valence-electron chi connectivity index (χ2n) is 9.72. The molecule has 0 unspecified atom stereocenters. The number of fused-ring (bicyclic) bond motifs is 1. The molecule has 3 aromatic carbocycles. The Morgan fingerprint density at radius 1 is 0.878 bits per heavy atom. The van der Waals surface area contributed by atoms with Crippen LogP contribution in [0.2, 0.25) is 0 Å². The lowest BCUT2D eigenvalue weighted by Gasteiger charge is -2.35. The van der Waals surface area contributed by atoms with E-state index in [0.29, 0.717) is 48.8 Å². The quantitative estimate of drug-likeness (QED) is 0.231. The van der Waals surface area contributed by atoms with E-state index in [9.17, 15) is 14.9 Å². The number of anilines is 2. The van der Waals surface area contributed by atoms with E-state index >= 15 is 0 Å². The van der Waals surface area contributed by atoms with Crippen LogP contribution < -0.4 is 10.6 Å². The Kier molecular flexibility index (Phi) is 6.90. The number of aromatic nitrogens is 3. The van der Waals surface area contributed by atoms with Gasteiger partial charge < -0.3 is 20.3 Å².